The molecule has 0 unspecified atom stereocenters. The zero-order chi connectivity index (χ0) is 17.7. The van der Waals surface area contributed by atoms with E-state index in [1.807, 2.05) is 6.07 Å². The average molecular weight is 365 g/mol. The van der Waals surface area contributed by atoms with Gasteiger partial charge in [-0.2, -0.15) is 5.26 Å². The van der Waals surface area contributed by atoms with Crippen LogP contribution in [-0.2, 0) is 4.79 Å². The van der Waals surface area contributed by atoms with Crippen molar-refractivity contribution < 1.29 is 14.3 Å². The van der Waals surface area contributed by atoms with Gasteiger partial charge in [-0.15, -0.1) is 0 Å². The fraction of sp³-hybridized carbons (Fsp3) is 0.176. The lowest BCUT2D eigenvalue weighted by atomic mass is 10.2. The fourth-order valence-electron chi connectivity index (χ4n) is 1.90. The minimum atomic E-state index is -0.795. The molecule has 0 aliphatic rings. The normalized spacial score (nSPS) is 11.3. The number of hydrogen-bond acceptors (Lipinski definition) is 4. The molecule has 0 aliphatic heterocycles. The molecule has 5 nitrogen and oxygen atoms in total. The van der Waals surface area contributed by atoms with Crippen LogP contribution < -0.4 is 14.8 Å². The van der Waals surface area contributed by atoms with Crippen LogP contribution in [0.5, 0.6) is 11.5 Å². The Morgan fingerprint density at radius 3 is 2.42 bits per heavy atom. The van der Waals surface area contributed by atoms with E-state index < -0.39 is 6.10 Å². The Bertz CT molecular complexity index is 803. The summed E-state index contributed by atoms with van der Waals surface area (Å²) in [4.78, 5) is 12.2. The first-order chi connectivity index (χ1) is 11.4. The SMILES string of the molecule is COc1ccc(NC(=O)[C@@H](C)Oc2ccc(C#N)cc2Cl)cc1Cl. The second-order valence-electron chi connectivity index (χ2n) is 4.86. The summed E-state index contributed by atoms with van der Waals surface area (Å²) >= 11 is 12.1. The summed E-state index contributed by atoms with van der Waals surface area (Å²) < 4.78 is 10.6. The van der Waals surface area contributed by atoms with E-state index >= 15 is 0 Å². The van der Waals surface area contributed by atoms with Crippen LogP contribution in [0, 0.1) is 11.3 Å². The third-order valence-electron chi connectivity index (χ3n) is 3.15. The number of hydrogen-bond donors (Lipinski definition) is 1. The molecule has 2 aromatic carbocycles. The number of carbonyl (C=O) groups excluding carboxylic acids is 1. The van der Waals surface area contributed by atoms with Crippen molar-refractivity contribution in [3.05, 3.63) is 52.0 Å². The largest absolute Gasteiger partial charge is 0.495 e. The third kappa shape index (κ3) is 4.31. The van der Waals surface area contributed by atoms with Crippen molar-refractivity contribution in [3.63, 3.8) is 0 Å². The molecule has 1 amide bonds. The number of amides is 1. The highest BCUT2D eigenvalue weighted by atomic mass is 35.5. The number of nitrogens with zero attached hydrogens (tertiary/aromatic N) is 1. The van der Waals surface area contributed by atoms with E-state index in [1.54, 1.807) is 37.3 Å². The van der Waals surface area contributed by atoms with Gasteiger partial charge in [-0.05, 0) is 43.3 Å². The second kappa shape index (κ2) is 7.91. The molecule has 2 rings (SSSR count). The van der Waals surface area contributed by atoms with Crippen molar-refractivity contribution in [1.82, 2.24) is 0 Å². The van der Waals surface area contributed by atoms with E-state index in [4.69, 9.17) is 37.9 Å². The van der Waals surface area contributed by atoms with Gasteiger partial charge in [0.1, 0.15) is 11.5 Å². The second-order valence-corrected chi connectivity index (χ2v) is 5.67. The minimum absolute atomic E-state index is 0.265. The summed E-state index contributed by atoms with van der Waals surface area (Å²) in [5.74, 6) is 0.478. The zero-order valence-corrected chi connectivity index (χ0v) is 14.5. The van der Waals surface area contributed by atoms with Crippen LogP contribution in [0.2, 0.25) is 10.0 Å². The number of carbonyl (C=O) groups is 1. The molecular formula is C17H14Cl2N2O3. The summed E-state index contributed by atoms with van der Waals surface area (Å²) in [6, 6.07) is 11.5. The zero-order valence-electron chi connectivity index (χ0n) is 13.0. The first-order valence-corrected chi connectivity index (χ1v) is 7.71. The summed E-state index contributed by atoms with van der Waals surface area (Å²) in [6.07, 6.45) is -0.795. The Kier molecular flexibility index (Phi) is 5.91. The molecular weight excluding hydrogens is 351 g/mol. The van der Waals surface area contributed by atoms with E-state index in [0.29, 0.717) is 27.8 Å². The van der Waals surface area contributed by atoms with Gasteiger partial charge in [0.15, 0.2) is 6.10 Å². The van der Waals surface area contributed by atoms with Crippen LogP contribution in [0.4, 0.5) is 5.69 Å². The van der Waals surface area contributed by atoms with Gasteiger partial charge in [0.2, 0.25) is 0 Å². The van der Waals surface area contributed by atoms with Crippen molar-refractivity contribution in [2.24, 2.45) is 0 Å². The van der Waals surface area contributed by atoms with Gasteiger partial charge in [-0.1, -0.05) is 23.2 Å². The quantitative estimate of drug-likeness (QED) is 0.859. The van der Waals surface area contributed by atoms with Crippen LogP contribution in [0.3, 0.4) is 0 Å². The van der Waals surface area contributed by atoms with E-state index in [1.165, 1.54) is 13.2 Å². The maximum Gasteiger partial charge on any atom is 0.265 e. The molecule has 0 bridgehead atoms. The number of nitrogens with one attached hydrogen (secondary N) is 1. The molecule has 0 fully saturated rings. The molecule has 1 N–H and O–H groups in total. The van der Waals surface area contributed by atoms with E-state index in [2.05, 4.69) is 5.32 Å². The smallest absolute Gasteiger partial charge is 0.265 e. The molecule has 0 heterocycles. The van der Waals surface area contributed by atoms with Gasteiger partial charge in [0.25, 0.3) is 5.91 Å². The predicted molar refractivity (Wildman–Crippen MR) is 92.9 cm³/mol. The number of benzene rings is 2. The Labute approximate surface area is 149 Å². The molecule has 2 aromatic rings. The highest BCUT2D eigenvalue weighted by molar-refractivity contribution is 6.32. The molecule has 0 saturated carbocycles. The monoisotopic (exact) mass is 364 g/mol. The summed E-state index contributed by atoms with van der Waals surface area (Å²) in [6.45, 7) is 1.59. The maximum atomic E-state index is 12.2. The Hall–Kier alpha value is -2.42. The summed E-state index contributed by atoms with van der Waals surface area (Å²) in [5.41, 5.74) is 0.935. The number of rotatable bonds is 5. The highest BCUT2D eigenvalue weighted by Crippen LogP contribution is 2.28. The molecule has 0 aromatic heterocycles. The van der Waals surface area contributed by atoms with E-state index in [-0.39, 0.29) is 10.9 Å². The maximum absolute atomic E-state index is 12.2. The average Bonchev–Trinajstić information content (AvgIpc) is 2.56. The van der Waals surface area contributed by atoms with Crippen molar-refractivity contribution in [2.45, 2.75) is 13.0 Å². The number of nitriles is 1. The van der Waals surface area contributed by atoms with Gasteiger partial charge in [0.05, 0.1) is 28.8 Å². The van der Waals surface area contributed by atoms with Crippen molar-refractivity contribution in [1.29, 1.82) is 5.26 Å². The Morgan fingerprint density at radius 2 is 1.83 bits per heavy atom. The number of anilines is 1. The number of methoxy groups -OCH3 is 1. The van der Waals surface area contributed by atoms with Crippen molar-refractivity contribution >= 4 is 34.8 Å². The van der Waals surface area contributed by atoms with Crippen LogP contribution >= 0.6 is 23.2 Å². The molecule has 0 radical (unpaired) electrons. The van der Waals surface area contributed by atoms with Crippen LogP contribution in [0.15, 0.2) is 36.4 Å². The lowest BCUT2D eigenvalue weighted by Crippen LogP contribution is -2.30. The molecule has 1 atom stereocenters. The molecule has 7 heteroatoms. The lowest BCUT2D eigenvalue weighted by molar-refractivity contribution is -0.122. The Morgan fingerprint density at radius 1 is 1.17 bits per heavy atom. The lowest BCUT2D eigenvalue weighted by Gasteiger charge is -2.16. The van der Waals surface area contributed by atoms with Crippen molar-refractivity contribution in [3.8, 4) is 17.6 Å². The highest BCUT2D eigenvalue weighted by Gasteiger charge is 2.17. The van der Waals surface area contributed by atoms with Gasteiger partial charge in [-0.25, -0.2) is 0 Å². The molecule has 0 aliphatic carbocycles. The summed E-state index contributed by atoms with van der Waals surface area (Å²) in [5, 5.41) is 12.2. The number of halogens is 2. The third-order valence-corrected chi connectivity index (χ3v) is 3.74. The summed E-state index contributed by atoms with van der Waals surface area (Å²) in [7, 11) is 1.51. The van der Waals surface area contributed by atoms with Gasteiger partial charge < -0.3 is 14.8 Å². The van der Waals surface area contributed by atoms with Gasteiger partial charge >= 0.3 is 0 Å². The van der Waals surface area contributed by atoms with E-state index in [9.17, 15) is 4.79 Å². The number of ether oxygens (including phenoxy) is 2. The molecule has 24 heavy (non-hydrogen) atoms. The van der Waals surface area contributed by atoms with Crippen molar-refractivity contribution in [2.75, 3.05) is 12.4 Å². The predicted octanol–water partition coefficient (Wildman–Crippen LogP) is 4.28. The molecule has 0 saturated heterocycles. The topological polar surface area (TPSA) is 71.3 Å². The fourth-order valence-corrected chi connectivity index (χ4v) is 2.38. The molecule has 0 spiro atoms. The van der Waals surface area contributed by atoms with Crippen LogP contribution in [0.1, 0.15) is 12.5 Å². The first-order valence-electron chi connectivity index (χ1n) is 6.95. The standard InChI is InChI=1S/C17H14Cl2N2O3/c1-10(24-16-5-3-11(9-20)7-13(16)18)17(22)21-12-4-6-15(23-2)14(19)8-12/h3-8,10H,1-2H3,(H,21,22)/t10-/m1/s1. The van der Waals surface area contributed by atoms with Crippen LogP contribution in [-0.4, -0.2) is 19.1 Å². The Balaban J connectivity index is 2.05. The van der Waals surface area contributed by atoms with Gasteiger partial charge in [0, 0.05) is 5.69 Å². The van der Waals surface area contributed by atoms with E-state index in [0.717, 1.165) is 0 Å². The first kappa shape index (κ1) is 17.9. The minimum Gasteiger partial charge on any atom is -0.495 e. The molecule has 124 valence electrons. The van der Waals surface area contributed by atoms with Crippen LogP contribution in [0.25, 0.3) is 0 Å². The van der Waals surface area contributed by atoms with Gasteiger partial charge in [-0.3, -0.25) is 4.79 Å².